The van der Waals surface area contributed by atoms with Crippen molar-refractivity contribution in [1.82, 2.24) is 10.3 Å². The van der Waals surface area contributed by atoms with Crippen molar-refractivity contribution < 1.29 is 18.0 Å². The van der Waals surface area contributed by atoms with Crippen molar-refractivity contribution in [2.75, 3.05) is 5.32 Å². The summed E-state index contributed by atoms with van der Waals surface area (Å²) in [6.45, 7) is 0. The van der Waals surface area contributed by atoms with Gasteiger partial charge >= 0.3 is 6.18 Å². The first-order valence-corrected chi connectivity index (χ1v) is 8.61. The second-order valence-electron chi connectivity index (χ2n) is 6.20. The van der Waals surface area contributed by atoms with Gasteiger partial charge in [0.2, 0.25) is 0 Å². The number of alkyl halides is 3. The molecule has 0 spiro atoms. The third-order valence-electron chi connectivity index (χ3n) is 4.26. The lowest BCUT2D eigenvalue weighted by atomic mass is 10.2. The Morgan fingerprint density at radius 1 is 1.15 bits per heavy atom. The highest BCUT2D eigenvalue weighted by molar-refractivity contribution is 6.33. The van der Waals surface area contributed by atoms with Gasteiger partial charge in [0.05, 0.1) is 16.3 Å². The first kappa shape index (κ1) is 18.5. The topological polar surface area (TPSA) is 54.0 Å². The normalized spacial score (nSPS) is 15.1. The van der Waals surface area contributed by atoms with Crippen LogP contribution >= 0.6 is 11.6 Å². The van der Waals surface area contributed by atoms with Crippen LogP contribution in [0.2, 0.25) is 5.02 Å². The van der Waals surface area contributed by atoms with E-state index in [0.29, 0.717) is 5.69 Å². The Kier molecular flexibility index (Phi) is 5.36. The third kappa shape index (κ3) is 4.46. The van der Waals surface area contributed by atoms with Crippen LogP contribution in [0.1, 0.15) is 41.7 Å². The number of rotatable bonds is 4. The van der Waals surface area contributed by atoms with Gasteiger partial charge in [-0.3, -0.25) is 9.78 Å². The zero-order chi connectivity index (χ0) is 18.7. The van der Waals surface area contributed by atoms with E-state index < -0.39 is 11.7 Å². The monoisotopic (exact) mass is 383 g/mol. The van der Waals surface area contributed by atoms with Gasteiger partial charge in [-0.15, -0.1) is 0 Å². The quantitative estimate of drug-likeness (QED) is 0.765. The standard InChI is InChI=1S/C18H17ClF3N3O/c19-14-6-5-11(18(20,21)22)9-15(14)24-13-7-8-23-16(10-13)17(26)25-12-3-1-2-4-12/h5-10,12H,1-4H2,(H,23,24)(H,25,26). The fourth-order valence-electron chi connectivity index (χ4n) is 2.91. The summed E-state index contributed by atoms with van der Waals surface area (Å²) in [7, 11) is 0. The number of carbonyl (C=O) groups excluding carboxylic acids is 1. The number of nitrogens with zero attached hydrogens (tertiary/aromatic N) is 1. The first-order chi connectivity index (χ1) is 12.3. The summed E-state index contributed by atoms with van der Waals surface area (Å²) < 4.78 is 38.6. The lowest BCUT2D eigenvalue weighted by molar-refractivity contribution is -0.137. The number of nitrogens with one attached hydrogen (secondary N) is 2. The van der Waals surface area contributed by atoms with E-state index in [0.717, 1.165) is 37.8 Å². The molecule has 0 radical (unpaired) electrons. The molecule has 0 atom stereocenters. The van der Waals surface area contributed by atoms with Crippen molar-refractivity contribution in [2.24, 2.45) is 0 Å². The van der Waals surface area contributed by atoms with Gasteiger partial charge in [0, 0.05) is 17.9 Å². The van der Waals surface area contributed by atoms with Gasteiger partial charge in [-0.2, -0.15) is 13.2 Å². The second kappa shape index (κ2) is 7.53. The molecule has 0 unspecified atom stereocenters. The predicted molar refractivity (Wildman–Crippen MR) is 93.7 cm³/mol. The lowest BCUT2D eigenvalue weighted by Crippen LogP contribution is -2.33. The maximum atomic E-state index is 12.9. The Morgan fingerprint density at radius 3 is 2.58 bits per heavy atom. The van der Waals surface area contributed by atoms with Gasteiger partial charge in [-0.1, -0.05) is 24.4 Å². The number of carbonyl (C=O) groups is 1. The van der Waals surface area contributed by atoms with Crippen LogP contribution < -0.4 is 10.6 Å². The Hall–Kier alpha value is -2.28. The third-order valence-corrected chi connectivity index (χ3v) is 4.59. The molecule has 26 heavy (non-hydrogen) atoms. The molecule has 1 amide bonds. The van der Waals surface area contributed by atoms with E-state index >= 15 is 0 Å². The predicted octanol–water partition coefficient (Wildman–Crippen LogP) is 5.17. The number of pyridine rings is 1. The summed E-state index contributed by atoms with van der Waals surface area (Å²) in [4.78, 5) is 16.3. The lowest BCUT2D eigenvalue weighted by Gasteiger charge is -2.14. The molecule has 0 aliphatic heterocycles. The average Bonchev–Trinajstić information content (AvgIpc) is 3.09. The van der Waals surface area contributed by atoms with Crippen LogP contribution in [0.25, 0.3) is 0 Å². The van der Waals surface area contributed by atoms with Gasteiger partial charge in [0.25, 0.3) is 5.91 Å². The molecular formula is C18H17ClF3N3O. The van der Waals surface area contributed by atoms with Crippen LogP contribution in [0.5, 0.6) is 0 Å². The molecule has 1 heterocycles. The van der Waals surface area contributed by atoms with Crippen molar-refractivity contribution in [3.63, 3.8) is 0 Å². The molecule has 1 aromatic carbocycles. The zero-order valence-electron chi connectivity index (χ0n) is 13.7. The number of amides is 1. The molecule has 138 valence electrons. The molecule has 3 rings (SSSR count). The van der Waals surface area contributed by atoms with Crippen LogP contribution in [-0.2, 0) is 6.18 Å². The highest BCUT2D eigenvalue weighted by Gasteiger charge is 2.31. The Balaban J connectivity index is 1.77. The number of hydrogen-bond acceptors (Lipinski definition) is 3. The minimum atomic E-state index is -4.47. The van der Waals surface area contributed by atoms with Crippen LogP contribution in [0.4, 0.5) is 24.5 Å². The van der Waals surface area contributed by atoms with E-state index in [1.54, 1.807) is 6.07 Å². The largest absolute Gasteiger partial charge is 0.416 e. The minimum absolute atomic E-state index is 0.106. The molecule has 1 aliphatic rings. The highest BCUT2D eigenvalue weighted by Crippen LogP contribution is 2.35. The van der Waals surface area contributed by atoms with Gasteiger partial charge in [0.15, 0.2) is 0 Å². The van der Waals surface area contributed by atoms with E-state index in [9.17, 15) is 18.0 Å². The minimum Gasteiger partial charge on any atom is -0.354 e. The Labute approximate surface area is 153 Å². The summed E-state index contributed by atoms with van der Waals surface area (Å²) in [5, 5.41) is 5.89. The van der Waals surface area contributed by atoms with E-state index in [1.165, 1.54) is 18.3 Å². The summed E-state index contributed by atoms with van der Waals surface area (Å²) in [5.74, 6) is -0.296. The SMILES string of the molecule is O=C(NC1CCCC1)c1cc(Nc2cc(C(F)(F)F)ccc2Cl)ccn1. The Morgan fingerprint density at radius 2 is 1.88 bits per heavy atom. The molecule has 0 bridgehead atoms. The van der Waals surface area contributed by atoms with Crippen molar-refractivity contribution in [2.45, 2.75) is 37.9 Å². The Bertz CT molecular complexity index is 805. The average molecular weight is 384 g/mol. The molecular weight excluding hydrogens is 367 g/mol. The zero-order valence-corrected chi connectivity index (χ0v) is 14.5. The molecule has 1 fully saturated rings. The maximum Gasteiger partial charge on any atom is 0.416 e. The molecule has 1 saturated carbocycles. The maximum absolute atomic E-state index is 12.9. The van der Waals surface area contributed by atoms with Crippen LogP contribution in [0.3, 0.4) is 0 Å². The number of hydrogen-bond donors (Lipinski definition) is 2. The van der Waals surface area contributed by atoms with Crippen molar-refractivity contribution in [3.05, 3.63) is 52.8 Å². The summed E-state index contributed by atoms with van der Waals surface area (Å²) in [6, 6.07) is 6.23. The van der Waals surface area contributed by atoms with Gasteiger partial charge in [-0.25, -0.2) is 0 Å². The second-order valence-corrected chi connectivity index (χ2v) is 6.61. The first-order valence-electron chi connectivity index (χ1n) is 8.23. The number of aromatic nitrogens is 1. The van der Waals surface area contributed by atoms with E-state index in [2.05, 4.69) is 15.6 Å². The molecule has 1 aliphatic carbocycles. The van der Waals surface area contributed by atoms with Crippen LogP contribution in [0.15, 0.2) is 36.5 Å². The van der Waals surface area contributed by atoms with Crippen molar-refractivity contribution >= 4 is 28.9 Å². The molecule has 2 aromatic rings. The van der Waals surface area contributed by atoms with Crippen molar-refractivity contribution in [1.29, 1.82) is 0 Å². The summed E-state index contributed by atoms with van der Waals surface area (Å²) in [6.07, 6.45) is 1.04. The molecule has 8 heteroatoms. The van der Waals surface area contributed by atoms with Crippen LogP contribution in [-0.4, -0.2) is 16.9 Å². The summed E-state index contributed by atoms with van der Waals surface area (Å²) >= 11 is 5.99. The van der Waals surface area contributed by atoms with Gasteiger partial charge in [0.1, 0.15) is 5.69 Å². The molecule has 4 nitrogen and oxygen atoms in total. The summed E-state index contributed by atoms with van der Waals surface area (Å²) in [5.41, 5.74) is -0.0738. The molecule has 0 saturated heterocycles. The van der Waals surface area contributed by atoms with Gasteiger partial charge in [-0.05, 0) is 43.2 Å². The highest BCUT2D eigenvalue weighted by atomic mass is 35.5. The fraction of sp³-hybridized carbons (Fsp3) is 0.333. The van der Waals surface area contributed by atoms with Gasteiger partial charge < -0.3 is 10.6 Å². The fourth-order valence-corrected chi connectivity index (χ4v) is 3.08. The van der Waals surface area contributed by atoms with Crippen LogP contribution in [0, 0.1) is 0 Å². The smallest absolute Gasteiger partial charge is 0.354 e. The number of anilines is 2. The van der Waals surface area contributed by atoms with Crippen molar-refractivity contribution in [3.8, 4) is 0 Å². The van der Waals surface area contributed by atoms with E-state index in [-0.39, 0.29) is 28.4 Å². The number of halogens is 4. The van der Waals surface area contributed by atoms with E-state index in [1.807, 2.05) is 0 Å². The molecule has 1 aromatic heterocycles. The number of benzene rings is 1. The molecule has 2 N–H and O–H groups in total. The van der Waals surface area contributed by atoms with E-state index in [4.69, 9.17) is 11.6 Å².